The smallest absolute Gasteiger partial charge is 0.308 e. The SMILES string of the molecule is NNC(=O)c1ccc(NC(=O)Nc2ccccc2Cl)cc1. The van der Waals surface area contributed by atoms with Crippen LogP contribution in [0.2, 0.25) is 5.02 Å². The van der Waals surface area contributed by atoms with Gasteiger partial charge in [0.15, 0.2) is 0 Å². The molecule has 108 valence electrons. The number of nitrogens with two attached hydrogens (primary N) is 1. The molecule has 2 aromatic carbocycles. The van der Waals surface area contributed by atoms with E-state index in [-0.39, 0.29) is 0 Å². The highest BCUT2D eigenvalue weighted by atomic mass is 35.5. The molecule has 5 N–H and O–H groups in total. The predicted octanol–water partition coefficient (Wildman–Crippen LogP) is 2.59. The average Bonchev–Trinajstić information content (AvgIpc) is 2.49. The van der Waals surface area contributed by atoms with E-state index in [1.165, 1.54) is 0 Å². The van der Waals surface area contributed by atoms with Gasteiger partial charge in [-0.3, -0.25) is 10.2 Å². The topological polar surface area (TPSA) is 96.2 Å². The Balaban J connectivity index is 2.00. The number of hydrazine groups is 1. The lowest BCUT2D eigenvalue weighted by atomic mass is 10.2. The first-order valence-electron chi connectivity index (χ1n) is 6.03. The molecule has 0 bridgehead atoms. The number of benzene rings is 2. The van der Waals surface area contributed by atoms with Gasteiger partial charge in [0, 0.05) is 11.3 Å². The van der Waals surface area contributed by atoms with Gasteiger partial charge in [0.1, 0.15) is 0 Å². The van der Waals surface area contributed by atoms with Crippen LogP contribution in [0, 0.1) is 0 Å². The van der Waals surface area contributed by atoms with Crippen LogP contribution >= 0.6 is 11.6 Å². The molecule has 2 rings (SSSR count). The highest BCUT2D eigenvalue weighted by Crippen LogP contribution is 2.20. The zero-order valence-electron chi connectivity index (χ0n) is 10.9. The molecule has 0 saturated heterocycles. The van der Waals surface area contributed by atoms with Crippen molar-refractivity contribution >= 4 is 34.9 Å². The molecule has 0 aliphatic carbocycles. The van der Waals surface area contributed by atoms with Gasteiger partial charge < -0.3 is 10.6 Å². The summed E-state index contributed by atoms with van der Waals surface area (Å²) in [5, 5.41) is 5.70. The molecule has 0 radical (unpaired) electrons. The fourth-order valence-corrected chi connectivity index (χ4v) is 1.82. The lowest BCUT2D eigenvalue weighted by Crippen LogP contribution is -2.29. The number of carbonyl (C=O) groups excluding carboxylic acids is 2. The third-order valence-corrected chi connectivity index (χ3v) is 2.99. The fourth-order valence-electron chi connectivity index (χ4n) is 1.64. The van der Waals surface area contributed by atoms with Crippen molar-refractivity contribution in [2.24, 2.45) is 5.84 Å². The van der Waals surface area contributed by atoms with E-state index in [1.807, 2.05) is 5.43 Å². The standard InChI is InChI=1S/C14H13ClN4O2/c15-11-3-1-2-4-12(11)18-14(21)17-10-7-5-9(6-8-10)13(20)19-16/h1-8H,16H2,(H,19,20)(H2,17,18,21). The van der Waals surface area contributed by atoms with Gasteiger partial charge >= 0.3 is 6.03 Å². The van der Waals surface area contributed by atoms with Crippen molar-refractivity contribution in [3.05, 3.63) is 59.1 Å². The maximum absolute atomic E-state index is 11.8. The van der Waals surface area contributed by atoms with Crippen LogP contribution in [-0.2, 0) is 0 Å². The number of para-hydroxylation sites is 1. The number of halogens is 1. The first kappa shape index (κ1) is 14.8. The minimum absolute atomic E-state index is 0.398. The summed E-state index contributed by atoms with van der Waals surface area (Å²) in [5.41, 5.74) is 3.47. The number of nitrogens with one attached hydrogen (secondary N) is 3. The summed E-state index contributed by atoms with van der Waals surface area (Å²) in [5.74, 6) is 4.63. The summed E-state index contributed by atoms with van der Waals surface area (Å²) in [6.45, 7) is 0. The average molecular weight is 305 g/mol. The normalized spacial score (nSPS) is 9.81. The van der Waals surface area contributed by atoms with E-state index < -0.39 is 11.9 Å². The maximum Gasteiger partial charge on any atom is 0.323 e. The Kier molecular flexibility index (Phi) is 4.76. The molecule has 0 spiro atoms. The van der Waals surface area contributed by atoms with Crippen LogP contribution in [-0.4, -0.2) is 11.9 Å². The molecule has 2 aromatic rings. The Morgan fingerprint density at radius 1 is 0.952 bits per heavy atom. The van der Waals surface area contributed by atoms with Crippen LogP contribution in [0.1, 0.15) is 10.4 Å². The molecule has 0 atom stereocenters. The summed E-state index contributed by atoms with van der Waals surface area (Å²) in [6, 6.07) is 12.8. The molecule has 7 heteroatoms. The van der Waals surface area contributed by atoms with Gasteiger partial charge in [0.05, 0.1) is 10.7 Å². The minimum atomic E-state index is -0.431. The molecule has 0 aliphatic heterocycles. The second-order valence-electron chi connectivity index (χ2n) is 4.11. The number of carbonyl (C=O) groups is 2. The molecule has 0 heterocycles. The largest absolute Gasteiger partial charge is 0.323 e. The summed E-state index contributed by atoms with van der Waals surface area (Å²) >= 11 is 5.94. The van der Waals surface area contributed by atoms with Crippen LogP contribution in [0.15, 0.2) is 48.5 Å². The van der Waals surface area contributed by atoms with E-state index in [2.05, 4.69) is 10.6 Å². The highest BCUT2D eigenvalue weighted by molar-refractivity contribution is 6.33. The lowest BCUT2D eigenvalue weighted by molar-refractivity contribution is 0.0953. The second-order valence-corrected chi connectivity index (χ2v) is 4.52. The zero-order valence-corrected chi connectivity index (χ0v) is 11.6. The van der Waals surface area contributed by atoms with E-state index >= 15 is 0 Å². The van der Waals surface area contributed by atoms with Gasteiger partial charge in [0.25, 0.3) is 5.91 Å². The number of urea groups is 1. The number of amides is 3. The highest BCUT2D eigenvalue weighted by Gasteiger charge is 2.07. The summed E-state index contributed by atoms with van der Waals surface area (Å²) in [7, 11) is 0. The Hall–Kier alpha value is -2.57. The first-order valence-corrected chi connectivity index (χ1v) is 6.41. The van der Waals surface area contributed by atoms with Crippen LogP contribution in [0.4, 0.5) is 16.2 Å². The fraction of sp³-hybridized carbons (Fsp3) is 0. The molecule has 3 amide bonds. The van der Waals surface area contributed by atoms with E-state index in [0.29, 0.717) is 22.0 Å². The van der Waals surface area contributed by atoms with Crippen molar-refractivity contribution in [1.29, 1.82) is 0 Å². The number of rotatable bonds is 3. The van der Waals surface area contributed by atoms with Gasteiger partial charge in [-0.25, -0.2) is 10.6 Å². The van der Waals surface area contributed by atoms with Gasteiger partial charge in [0.2, 0.25) is 0 Å². The molecule has 0 aliphatic rings. The van der Waals surface area contributed by atoms with E-state index in [0.717, 1.165) is 0 Å². The second kappa shape index (κ2) is 6.74. The van der Waals surface area contributed by atoms with Crippen molar-refractivity contribution in [3.63, 3.8) is 0 Å². The van der Waals surface area contributed by atoms with Gasteiger partial charge in [-0.05, 0) is 36.4 Å². The Morgan fingerprint density at radius 3 is 2.24 bits per heavy atom. The zero-order chi connectivity index (χ0) is 15.2. The Labute approximate surface area is 126 Å². The molecule has 21 heavy (non-hydrogen) atoms. The number of nitrogen functional groups attached to an aromatic ring is 1. The van der Waals surface area contributed by atoms with E-state index in [1.54, 1.807) is 48.5 Å². The summed E-state index contributed by atoms with van der Waals surface area (Å²) in [6.07, 6.45) is 0. The van der Waals surface area contributed by atoms with Crippen molar-refractivity contribution in [2.75, 3.05) is 10.6 Å². The van der Waals surface area contributed by atoms with E-state index in [4.69, 9.17) is 17.4 Å². The van der Waals surface area contributed by atoms with Gasteiger partial charge in [-0.2, -0.15) is 0 Å². The lowest BCUT2D eigenvalue weighted by Gasteiger charge is -2.09. The summed E-state index contributed by atoms with van der Waals surface area (Å²) < 4.78 is 0. The third-order valence-electron chi connectivity index (χ3n) is 2.66. The van der Waals surface area contributed by atoms with Gasteiger partial charge in [-0.15, -0.1) is 0 Å². The quantitative estimate of drug-likeness (QED) is 0.398. The molecule has 0 fully saturated rings. The van der Waals surface area contributed by atoms with Gasteiger partial charge in [-0.1, -0.05) is 23.7 Å². The van der Waals surface area contributed by atoms with Crippen LogP contribution in [0.3, 0.4) is 0 Å². The monoisotopic (exact) mass is 304 g/mol. The first-order chi connectivity index (χ1) is 10.1. The molecular formula is C14H13ClN4O2. The van der Waals surface area contributed by atoms with Crippen LogP contribution < -0.4 is 21.9 Å². The molecule has 6 nitrogen and oxygen atoms in total. The van der Waals surface area contributed by atoms with Crippen LogP contribution in [0.5, 0.6) is 0 Å². The third kappa shape index (κ3) is 3.95. The van der Waals surface area contributed by atoms with Crippen molar-refractivity contribution in [2.45, 2.75) is 0 Å². The Bertz CT molecular complexity index is 658. The number of hydrogen-bond acceptors (Lipinski definition) is 3. The molecule has 0 unspecified atom stereocenters. The summed E-state index contributed by atoms with van der Waals surface area (Å²) in [4.78, 5) is 23.1. The molecule has 0 saturated carbocycles. The maximum atomic E-state index is 11.8. The minimum Gasteiger partial charge on any atom is -0.308 e. The van der Waals surface area contributed by atoms with Crippen molar-refractivity contribution < 1.29 is 9.59 Å². The molecule has 0 aromatic heterocycles. The van der Waals surface area contributed by atoms with Crippen molar-refractivity contribution in [1.82, 2.24) is 5.43 Å². The number of hydrogen-bond donors (Lipinski definition) is 4. The van der Waals surface area contributed by atoms with Crippen LogP contribution in [0.25, 0.3) is 0 Å². The van der Waals surface area contributed by atoms with E-state index in [9.17, 15) is 9.59 Å². The predicted molar refractivity (Wildman–Crippen MR) is 82.2 cm³/mol. The number of anilines is 2. The molecular weight excluding hydrogens is 292 g/mol. The Morgan fingerprint density at radius 2 is 1.62 bits per heavy atom. The van der Waals surface area contributed by atoms with Crippen molar-refractivity contribution in [3.8, 4) is 0 Å².